The zero-order valence-electron chi connectivity index (χ0n) is 13.1. The third-order valence-electron chi connectivity index (χ3n) is 3.61. The molecule has 0 spiro atoms. The van der Waals surface area contributed by atoms with E-state index in [-0.39, 0.29) is 24.0 Å². The molecule has 0 N–H and O–H groups in total. The molecule has 22 heavy (non-hydrogen) atoms. The Labute approximate surface area is 149 Å². The summed E-state index contributed by atoms with van der Waals surface area (Å²) in [6.07, 6.45) is 0. The molecule has 0 amide bonds. The summed E-state index contributed by atoms with van der Waals surface area (Å²) in [5, 5.41) is 0. The standard InChI is InChI=1S/C20H19O.HI/c1-14-4-8-17(9-5-14)19-12-16(3)13-20(21-19)18-10-6-15(2)7-11-18;/h4-13H,1-3H3;1H/q+1;/p-1. The third kappa shape index (κ3) is 3.74. The summed E-state index contributed by atoms with van der Waals surface area (Å²) in [5.41, 5.74) is 5.93. The lowest BCUT2D eigenvalue weighted by Gasteiger charge is -1.98. The molecule has 1 aromatic heterocycles. The second-order valence-electron chi connectivity index (χ2n) is 5.60. The highest BCUT2D eigenvalue weighted by Gasteiger charge is 2.18. The van der Waals surface area contributed by atoms with Crippen molar-refractivity contribution >= 4 is 0 Å². The molecule has 0 saturated carbocycles. The van der Waals surface area contributed by atoms with Crippen molar-refractivity contribution in [2.75, 3.05) is 0 Å². The fourth-order valence-corrected chi connectivity index (χ4v) is 2.35. The van der Waals surface area contributed by atoms with Gasteiger partial charge in [-0.1, -0.05) is 35.4 Å². The van der Waals surface area contributed by atoms with Gasteiger partial charge < -0.3 is 24.0 Å². The first-order valence-corrected chi connectivity index (χ1v) is 7.21. The Morgan fingerprint density at radius 1 is 0.545 bits per heavy atom. The number of halogens is 1. The minimum absolute atomic E-state index is 0. The number of rotatable bonds is 2. The average molecular weight is 402 g/mol. The van der Waals surface area contributed by atoms with Gasteiger partial charge in [-0.3, -0.25) is 0 Å². The number of hydrogen-bond acceptors (Lipinski definition) is 0. The van der Waals surface area contributed by atoms with Gasteiger partial charge in [-0.05, 0) is 50.6 Å². The maximum absolute atomic E-state index is 6.11. The van der Waals surface area contributed by atoms with Crippen molar-refractivity contribution in [2.45, 2.75) is 20.8 Å². The SMILES string of the molecule is Cc1ccc(-c2cc(C)cc(-c3ccc(C)cc3)[o+]2)cc1.[I-]. The van der Waals surface area contributed by atoms with Gasteiger partial charge in [0.2, 0.25) is 0 Å². The maximum atomic E-state index is 6.11. The van der Waals surface area contributed by atoms with Crippen LogP contribution in [0.1, 0.15) is 16.7 Å². The van der Waals surface area contributed by atoms with E-state index in [0.717, 1.165) is 22.6 Å². The van der Waals surface area contributed by atoms with Crippen LogP contribution in [0.25, 0.3) is 22.6 Å². The van der Waals surface area contributed by atoms with E-state index in [2.05, 4.69) is 81.4 Å². The van der Waals surface area contributed by atoms with E-state index in [9.17, 15) is 0 Å². The summed E-state index contributed by atoms with van der Waals surface area (Å²) < 4.78 is 6.11. The molecule has 0 bridgehead atoms. The van der Waals surface area contributed by atoms with Gasteiger partial charge in [-0.2, -0.15) is 0 Å². The molecule has 0 aliphatic carbocycles. The van der Waals surface area contributed by atoms with Gasteiger partial charge in [-0.15, -0.1) is 0 Å². The van der Waals surface area contributed by atoms with Gasteiger partial charge in [0.25, 0.3) is 0 Å². The first-order chi connectivity index (χ1) is 10.1. The number of aryl methyl sites for hydroxylation is 3. The van der Waals surface area contributed by atoms with Crippen LogP contribution in [0.15, 0.2) is 65.1 Å². The van der Waals surface area contributed by atoms with Crippen molar-refractivity contribution < 1.29 is 28.4 Å². The van der Waals surface area contributed by atoms with E-state index in [1.807, 2.05) is 0 Å². The summed E-state index contributed by atoms with van der Waals surface area (Å²) in [5.74, 6) is 1.82. The highest BCUT2D eigenvalue weighted by molar-refractivity contribution is 5.64. The zero-order chi connectivity index (χ0) is 14.8. The van der Waals surface area contributed by atoms with E-state index in [0.29, 0.717) is 0 Å². The molecule has 2 heteroatoms. The van der Waals surface area contributed by atoms with Crippen molar-refractivity contribution in [3.63, 3.8) is 0 Å². The molecular formula is C20H19IO. The topological polar surface area (TPSA) is 11.3 Å². The van der Waals surface area contributed by atoms with Gasteiger partial charge in [0.15, 0.2) is 0 Å². The third-order valence-corrected chi connectivity index (χ3v) is 3.61. The van der Waals surface area contributed by atoms with E-state index in [1.54, 1.807) is 0 Å². The van der Waals surface area contributed by atoms with E-state index < -0.39 is 0 Å². The Balaban J connectivity index is 0.00000176. The zero-order valence-corrected chi connectivity index (χ0v) is 15.2. The predicted octanol–water partition coefficient (Wildman–Crippen LogP) is 2.82. The Kier molecular flexibility index (Phi) is 5.35. The van der Waals surface area contributed by atoms with E-state index in [1.165, 1.54) is 16.7 Å². The van der Waals surface area contributed by atoms with E-state index >= 15 is 0 Å². The summed E-state index contributed by atoms with van der Waals surface area (Å²) >= 11 is 0. The molecule has 0 saturated heterocycles. The van der Waals surface area contributed by atoms with Crippen molar-refractivity contribution in [1.29, 1.82) is 0 Å². The monoisotopic (exact) mass is 402 g/mol. The van der Waals surface area contributed by atoms with Crippen LogP contribution < -0.4 is 24.0 Å². The molecular weight excluding hydrogens is 383 g/mol. The summed E-state index contributed by atoms with van der Waals surface area (Å²) in [6.45, 7) is 6.29. The van der Waals surface area contributed by atoms with Crippen LogP contribution in [0, 0.1) is 20.8 Å². The fraction of sp³-hybridized carbons (Fsp3) is 0.150. The van der Waals surface area contributed by atoms with Crippen LogP contribution in [0.4, 0.5) is 0 Å². The summed E-state index contributed by atoms with van der Waals surface area (Å²) in [4.78, 5) is 0. The van der Waals surface area contributed by atoms with Crippen molar-refractivity contribution in [1.82, 2.24) is 0 Å². The molecule has 1 heterocycles. The van der Waals surface area contributed by atoms with Gasteiger partial charge in [0.1, 0.15) is 0 Å². The van der Waals surface area contributed by atoms with Crippen LogP contribution >= 0.6 is 0 Å². The van der Waals surface area contributed by atoms with Gasteiger partial charge >= 0.3 is 11.5 Å². The Hall–Kier alpha value is -1.68. The molecule has 3 aromatic rings. The lowest BCUT2D eigenvalue weighted by Crippen LogP contribution is -3.00. The van der Waals surface area contributed by atoms with Crippen molar-refractivity contribution in [3.05, 3.63) is 77.4 Å². The molecule has 0 radical (unpaired) electrons. The summed E-state index contributed by atoms with van der Waals surface area (Å²) in [6, 6.07) is 21.0. The normalized spacial score (nSPS) is 10.1. The fourth-order valence-electron chi connectivity index (χ4n) is 2.35. The first kappa shape index (κ1) is 16.7. The molecule has 0 atom stereocenters. The predicted molar refractivity (Wildman–Crippen MR) is 88.2 cm³/mol. The second kappa shape index (κ2) is 7.05. The second-order valence-corrected chi connectivity index (χ2v) is 5.60. The van der Waals surface area contributed by atoms with Crippen LogP contribution in [-0.2, 0) is 0 Å². The van der Waals surface area contributed by atoms with Gasteiger partial charge in [-0.25, -0.2) is 4.42 Å². The Morgan fingerprint density at radius 3 is 1.27 bits per heavy atom. The van der Waals surface area contributed by atoms with Gasteiger partial charge in [0.05, 0.1) is 11.1 Å². The largest absolute Gasteiger partial charge is 1.00 e. The molecule has 0 unspecified atom stereocenters. The smallest absolute Gasteiger partial charge is 0.361 e. The lowest BCUT2D eigenvalue weighted by molar-refractivity contribution is -0.00000491. The Bertz CT molecular complexity index is 695. The molecule has 0 fully saturated rings. The number of benzene rings is 2. The highest BCUT2D eigenvalue weighted by atomic mass is 127. The first-order valence-electron chi connectivity index (χ1n) is 7.21. The quantitative estimate of drug-likeness (QED) is 0.474. The molecule has 3 rings (SSSR count). The molecule has 1 nitrogen and oxygen atoms in total. The summed E-state index contributed by atoms with van der Waals surface area (Å²) in [7, 11) is 0. The minimum Gasteiger partial charge on any atom is -1.00 e. The van der Waals surface area contributed by atoms with Crippen molar-refractivity contribution in [2.24, 2.45) is 0 Å². The minimum atomic E-state index is 0. The highest BCUT2D eigenvalue weighted by Crippen LogP contribution is 2.28. The van der Waals surface area contributed by atoms with Crippen LogP contribution in [0.5, 0.6) is 0 Å². The lowest BCUT2D eigenvalue weighted by atomic mass is 10.1. The van der Waals surface area contributed by atoms with Crippen LogP contribution in [0.2, 0.25) is 0 Å². The molecule has 2 aromatic carbocycles. The van der Waals surface area contributed by atoms with Crippen molar-refractivity contribution in [3.8, 4) is 22.6 Å². The van der Waals surface area contributed by atoms with Gasteiger partial charge in [0, 0.05) is 12.1 Å². The number of hydrogen-bond donors (Lipinski definition) is 0. The maximum Gasteiger partial charge on any atom is 0.361 e. The molecule has 112 valence electrons. The molecule has 0 aliphatic heterocycles. The van der Waals surface area contributed by atoms with Crippen LogP contribution in [0.3, 0.4) is 0 Å². The van der Waals surface area contributed by atoms with Crippen LogP contribution in [-0.4, -0.2) is 0 Å². The molecule has 0 aliphatic rings. The average Bonchev–Trinajstić information content (AvgIpc) is 2.48. The van der Waals surface area contributed by atoms with E-state index in [4.69, 9.17) is 4.42 Å². The Morgan fingerprint density at radius 2 is 0.909 bits per heavy atom.